The highest BCUT2D eigenvalue weighted by atomic mass is 32.2. The minimum absolute atomic E-state index is 0.0619. The molecule has 0 saturated carbocycles. The number of ether oxygens (including phenoxy) is 1. The number of ketones is 1. The lowest BCUT2D eigenvalue weighted by molar-refractivity contribution is 0.102. The predicted molar refractivity (Wildman–Crippen MR) is 72.0 cm³/mol. The zero-order valence-electron chi connectivity index (χ0n) is 9.30. The Kier molecular flexibility index (Phi) is 5.49. The maximum atomic E-state index is 11.7. The Morgan fingerprint density at radius 1 is 1.38 bits per heavy atom. The van der Waals surface area contributed by atoms with Crippen LogP contribution in [-0.4, -0.2) is 22.0 Å². The lowest BCUT2D eigenvalue weighted by Gasteiger charge is -2.09. The largest absolute Gasteiger partial charge is 0.476 e. The van der Waals surface area contributed by atoms with E-state index in [0.717, 1.165) is 0 Å². The van der Waals surface area contributed by atoms with Crippen molar-refractivity contribution in [1.29, 1.82) is 0 Å². The summed E-state index contributed by atoms with van der Waals surface area (Å²) in [6.45, 7) is 3.82. The lowest BCUT2D eigenvalue weighted by Crippen LogP contribution is -2.09. The van der Waals surface area contributed by atoms with Crippen LogP contribution in [0.3, 0.4) is 0 Å². The Morgan fingerprint density at radius 2 is 2.00 bits per heavy atom. The topological polar surface area (TPSA) is 26.3 Å². The molecule has 86 valence electrons. The monoisotopic (exact) mass is 254 g/mol. The van der Waals surface area contributed by atoms with E-state index in [2.05, 4.69) is 0 Å². The number of carbonyl (C=O) groups excluding carboxylic acids is 1. The summed E-state index contributed by atoms with van der Waals surface area (Å²) in [7, 11) is 0. The van der Waals surface area contributed by atoms with E-state index in [9.17, 15) is 4.79 Å². The van der Waals surface area contributed by atoms with Crippen LogP contribution in [0.2, 0.25) is 0 Å². The maximum Gasteiger partial charge on any atom is 0.220 e. The van der Waals surface area contributed by atoms with Crippen molar-refractivity contribution >= 4 is 34.1 Å². The van der Waals surface area contributed by atoms with Crippen LogP contribution in [0.25, 0.3) is 0 Å². The number of hydrogen-bond donors (Lipinski definition) is 0. The zero-order chi connectivity index (χ0) is 12.0. The summed E-state index contributed by atoms with van der Waals surface area (Å²) in [6, 6.07) is 9.18. The minimum Gasteiger partial charge on any atom is -0.476 e. The van der Waals surface area contributed by atoms with Crippen molar-refractivity contribution in [3.8, 4) is 0 Å². The van der Waals surface area contributed by atoms with Gasteiger partial charge in [-0.15, -0.1) is 0 Å². The average molecular weight is 254 g/mol. The van der Waals surface area contributed by atoms with Gasteiger partial charge in [0.25, 0.3) is 0 Å². The molecule has 0 saturated heterocycles. The predicted octanol–water partition coefficient (Wildman–Crippen LogP) is 3.31. The highest BCUT2D eigenvalue weighted by Gasteiger charge is 2.08. The highest BCUT2D eigenvalue weighted by Crippen LogP contribution is 2.11. The van der Waals surface area contributed by atoms with Gasteiger partial charge in [-0.1, -0.05) is 42.1 Å². The molecule has 1 aromatic carbocycles. The molecule has 0 aliphatic carbocycles. The number of rotatable bonds is 4. The minimum atomic E-state index is 0.0619. The average Bonchev–Trinajstić information content (AvgIpc) is 2.26. The van der Waals surface area contributed by atoms with Crippen molar-refractivity contribution in [2.24, 2.45) is 0 Å². The van der Waals surface area contributed by atoms with Gasteiger partial charge in [-0.25, -0.2) is 0 Å². The van der Waals surface area contributed by atoms with Crippen molar-refractivity contribution in [2.45, 2.75) is 20.0 Å². The summed E-state index contributed by atoms with van der Waals surface area (Å²) < 4.78 is 5.71. The molecule has 0 radical (unpaired) electrons. The molecule has 2 nitrogen and oxygen atoms in total. The fourth-order valence-corrected chi connectivity index (χ4v) is 2.10. The van der Waals surface area contributed by atoms with Crippen LogP contribution < -0.4 is 0 Å². The van der Waals surface area contributed by atoms with Gasteiger partial charge in [0, 0.05) is 5.56 Å². The molecule has 0 atom stereocenters. The molecule has 16 heavy (non-hydrogen) atoms. The fourth-order valence-electron chi connectivity index (χ4n) is 1.06. The van der Waals surface area contributed by atoms with Crippen LogP contribution in [0.5, 0.6) is 0 Å². The first kappa shape index (κ1) is 13.2. The van der Waals surface area contributed by atoms with Gasteiger partial charge in [-0.2, -0.15) is 0 Å². The molecule has 0 aliphatic heterocycles. The second-order valence-electron chi connectivity index (χ2n) is 3.49. The van der Waals surface area contributed by atoms with Gasteiger partial charge in [-0.05, 0) is 26.1 Å². The molecule has 0 N–H and O–H groups in total. The van der Waals surface area contributed by atoms with E-state index < -0.39 is 0 Å². The Balaban J connectivity index is 2.39. The number of carbonyl (C=O) groups is 1. The quantitative estimate of drug-likeness (QED) is 0.608. The molecule has 1 rings (SSSR count). The summed E-state index contributed by atoms with van der Waals surface area (Å²) >= 11 is 6.25. The Bertz CT molecular complexity index is 361. The first-order chi connectivity index (χ1) is 7.59. The molecule has 0 unspecified atom stereocenters. The SMILES string of the molecule is CC(C)OC(=S)SCC(=O)c1ccccc1. The van der Waals surface area contributed by atoms with Gasteiger partial charge in [0.15, 0.2) is 5.78 Å². The lowest BCUT2D eigenvalue weighted by atomic mass is 10.2. The third-order valence-corrected chi connectivity index (χ3v) is 2.94. The first-order valence-electron chi connectivity index (χ1n) is 5.01. The van der Waals surface area contributed by atoms with E-state index in [4.69, 9.17) is 17.0 Å². The molecular formula is C12H14O2S2. The number of benzene rings is 1. The van der Waals surface area contributed by atoms with E-state index in [1.54, 1.807) is 12.1 Å². The number of Topliss-reactive ketones (excluding diaryl/α,β-unsaturated/α-hetero) is 1. The Morgan fingerprint density at radius 3 is 2.56 bits per heavy atom. The summed E-state index contributed by atoms with van der Waals surface area (Å²) in [6.07, 6.45) is 0.0619. The Labute approximate surface area is 105 Å². The molecule has 0 aliphatic rings. The second kappa shape index (κ2) is 6.66. The van der Waals surface area contributed by atoms with Crippen molar-refractivity contribution < 1.29 is 9.53 Å². The zero-order valence-corrected chi connectivity index (χ0v) is 10.9. The van der Waals surface area contributed by atoms with Crippen molar-refractivity contribution in [1.82, 2.24) is 0 Å². The van der Waals surface area contributed by atoms with Gasteiger partial charge in [0.2, 0.25) is 4.38 Å². The van der Waals surface area contributed by atoms with Crippen LogP contribution in [-0.2, 0) is 4.74 Å². The van der Waals surface area contributed by atoms with Gasteiger partial charge in [0.1, 0.15) is 0 Å². The maximum absolute atomic E-state index is 11.7. The summed E-state index contributed by atoms with van der Waals surface area (Å²) in [5.74, 6) is 0.399. The molecule has 0 aromatic heterocycles. The van der Waals surface area contributed by atoms with Crippen molar-refractivity contribution in [3.63, 3.8) is 0 Å². The van der Waals surface area contributed by atoms with E-state index in [-0.39, 0.29) is 11.9 Å². The Hall–Kier alpha value is -0.870. The third-order valence-electron chi connectivity index (χ3n) is 1.75. The molecule has 4 heteroatoms. The summed E-state index contributed by atoms with van der Waals surface area (Å²) in [5.41, 5.74) is 0.711. The van der Waals surface area contributed by atoms with E-state index in [1.165, 1.54) is 11.8 Å². The third kappa shape index (κ3) is 4.77. The van der Waals surface area contributed by atoms with Crippen molar-refractivity contribution in [3.05, 3.63) is 35.9 Å². The van der Waals surface area contributed by atoms with Gasteiger partial charge >= 0.3 is 0 Å². The van der Waals surface area contributed by atoms with E-state index in [1.807, 2.05) is 32.0 Å². The number of hydrogen-bond acceptors (Lipinski definition) is 4. The van der Waals surface area contributed by atoms with Crippen LogP contribution in [0, 0.1) is 0 Å². The van der Waals surface area contributed by atoms with Gasteiger partial charge in [-0.3, -0.25) is 4.79 Å². The molecule has 0 amide bonds. The summed E-state index contributed by atoms with van der Waals surface area (Å²) in [5, 5.41) is 0. The number of thiocarbonyl (C=S) groups is 1. The highest BCUT2D eigenvalue weighted by molar-refractivity contribution is 8.23. The second-order valence-corrected chi connectivity index (χ2v) is 5.07. The van der Waals surface area contributed by atoms with Gasteiger partial charge < -0.3 is 4.74 Å². The normalized spacial score (nSPS) is 10.2. The standard InChI is InChI=1S/C12H14O2S2/c1-9(2)14-12(15)16-8-11(13)10-6-4-3-5-7-10/h3-7,9H,8H2,1-2H3. The molecule has 0 bridgehead atoms. The molecule has 0 heterocycles. The summed E-state index contributed by atoms with van der Waals surface area (Å²) in [4.78, 5) is 11.7. The van der Waals surface area contributed by atoms with Crippen LogP contribution in [0.1, 0.15) is 24.2 Å². The van der Waals surface area contributed by atoms with Crippen molar-refractivity contribution in [2.75, 3.05) is 5.75 Å². The smallest absolute Gasteiger partial charge is 0.220 e. The van der Waals surface area contributed by atoms with Gasteiger partial charge in [0.05, 0.1) is 11.9 Å². The first-order valence-corrected chi connectivity index (χ1v) is 6.40. The molecule has 0 spiro atoms. The molecular weight excluding hydrogens is 240 g/mol. The van der Waals surface area contributed by atoms with E-state index >= 15 is 0 Å². The van der Waals surface area contributed by atoms with Crippen LogP contribution in [0.15, 0.2) is 30.3 Å². The number of thioether (sulfide) groups is 1. The van der Waals surface area contributed by atoms with E-state index in [0.29, 0.717) is 15.7 Å². The van der Waals surface area contributed by atoms with Crippen LogP contribution in [0.4, 0.5) is 0 Å². The fraction of sp³-hybridized carbons (Fsp3) is 0.333. The van der Waals surface area contributed by atoms with Crippen LogP contribution >= 0.6 is 24.0 Å². The molecule has 1 aromatic rings. The molecule has 0 fully saturated rings.